The van der Waals surface area contributed by atoms with Gasteiger partial charge in [0, 0.05) is 6.04 Å². The van der Waals surface area contributed by atoms with Crippen molar-refractivity contribution in [1.29, 1.82) is 0 Å². The highest BCUT2D eigenvalue weighted by Crippen LogP contribution is 2.14. The Hall–Kier alpha value is -0.890. The molecule has 0 radical (unpaired) electrons. The van der Waals surface area contributed by atoms with E-state index in [1.54, 1.807) is 12.1 Å². The lowest BCUT2D eigenvalue weighted by molar-refractivity contribution is 0.425. The molecule has 2 N–H and O–H groups in total. The summed E-state index contributed by atoms with van der Waals surface area (Å²) >= 11 is 0. The van der Waals surface area contributed by atoms with Gasteiger partial charge in [-0.1, -0.05) is 32.4 Å². The molecule has 0 aliphatic rings. The van der Waals surface area contributed by atoms with Gasteiger partial charge in [-0.25, -0.2) is 4.39 Å². The van der Waals surface area contributed by atoms with E-state index in [2.05, 4.69) is 13.8 Å². The molecule has 0 saturated heterocycles. The maximum absolute atomic E-state index is 12.9. The van der Waals surface area contributed by atoms with Gasteiger partial charge in [0.2, 0.25) is 0 Å². The van der Waals surface area contributed by atoms with Gasteiger partial charge in [-0.2, -0.15) is 0 Å². The van der Waals surface area contributed by atoms with Gasteiger partial charge in [0.25, 0.3) is 0 Å². The zero-order chi connectivity index (χ0) is 11.3. The van der Waals surface area contributed by atoms with E-state index in [4.69, 9.17) is 5.73 Å². The van der Waals surface area contributed by atoms with Crippen molar-refractivity contribution in [1.82, 2.24) is 0 Å². The van der Waals surface area contributed by atoms with Crippen molar-refractivity contribution < 1.29 is 4.39 Å². The molecule has 0 bridgehead atoms. The van der Waals surface area contributed by atoms with Gasteiger partial charge in [0.15, 0.2) is 0 Å². The molecule has 84 valence electrons. The Morgan fingerprint density at radius 3 is 2.73 bits per heavy atom. The average Bonchev–Trinajstić information content (AvgIpc) is 2.18. The minimum absolute atomic E-state index is 0.163. The first kappa shape index (κ1) is 12.2. The molecule has 2 unspecified atom stereocenters. The zero-order valence-electron chi connectivity index (χ0n) is 9.54. The van der Waals surface area contributed by atoms with Crippen molar-refractivity contribution in [3.05, 3.63) is 35.6 Å². The summed E-state index contributed by atoms with van der Waals surface area (Å²) < 4.78 is 12.9. The van der Waals surface area contributed by atoms with Crippen LogP contribution in [0.1, 0.15) is 32.3 Å². The third-order valence-corrected chi connectivity index (χ3v) is 2.80. The summed E-state index contributed by atoms with van der Waals surface area (Å²) in [5, 5.41) is 0. The first-order chi connectivity index (χ1) is 7.13. The van der Waals surface area contributed by atoms with Crippen LogP contribution in [-0.2, 0) is 6.42 Å². The molecule has 0 saturated carbocycles. The number of rotatable bonds is 5. The van der Waals surface area contributed by atoms with Crippen LogP contribution in [0.15, 0.2) is 24.3 Å². The van der Waals surface area contributed by atoms with E-state index < -0.39 is 0 Å². The maximum atomic E-state index is 12.9. The minimum atomic E-state index is -0.163. The molecule has 2 atom stereocenters. The Morgan fingerprint density at radius 2 is 2.13 bits per heavy atom. The largest absolute Gasteiger partial charge is 0.327 e. The van der Waals surface area contributed by atoms with Crippen LogP contribution >= 0.6 is 0 Å². The summed E-state index contributed by atoms with van der Waals surface area (Å²) in [4.78, 5) is 0. The summed E-state index contributed by atoms with van der Waals surface area (Å²) in [6.07, 6.45) is 3.00. The molecule has 2 heteroatoms. The molecule has 0 amide bonds. The van der Waals surface area contributed by atoms with E-state index in [0.29, 0.717) is 5.92 Å². The molecule has 0 spiro atoms. The lowest BCUT2D eigenvalue weighted by atomic mass is 9.92. The van der Waals surface area contributed by atoms with Gasteiger partial charge in [-0.3, -0.25) is 0 Å². The van der Waals surface area contributed by atoms with E-state index in [1.807, 2.05) is 6.07 Å². The fourth-order valence-electron chi connectivity index (χ4n) is 1.80. The summed E-state index contributed by atoms with van der Waals surface area (Å²) in [7, 11) is 0. The molecule has 0 aromatic heterocycles. The molecule has 0 aliphatic carbocycles. The van der Waals surface area contributed by atoms with E-state index in [1.165, 1.54) is 6.07 Å². The quantitative estimate of drug-likeness (QED) is 0.792. The second-order valence-electron chi connectivity index (χ2n) is 4.26. The topological polar surface area (TPSA) is 26.0 Å². The first-order valence-electron chi connectivity index (χ1n) is 5.63. The number of benzene rings is 1. The maximum Gasteiger partial charge on any atom is 0.123 e. The smallest absolute Gasteiger partial charge is 0.123 e. The van der Waals surface area contributed by atoms with E-state index in [9.17, 15) is 4.39 Å². The van der Waals surface area contributed by atoms with Crippen molar-refractivity contribution in [3.8, 4) is 0 Å². The van der Waals surface area contributed by atoms with Crippen LogP contribution in [-0.4, -0.2) is 6.04 Å². The van der Waals surface area contributed by atoms with E-state index in [0.717, 1.165) is 24.8 Å². The Morgan fingerprint density at radius 1 is 1.40 bits per heavy atom. The first-order valence-corrected chi connectivity index (χ1v) is 5.63. The van der Waals surface area contributed by atoms with Crippen molar-refractivity contribution in [3.63, 3.8) is 0 Å². The van der Waals surface area contributed by atoms with Crippen molar-refractivity contribution in [2.45, 2.75) is 39.2 Å². The zero-order valence-corrected chi connectivity index (χ0v) is 9.54. The molecule has 1 aromatic rings. The van der Waals surface area contributed by atoms with Crippen LogP contribution in [0.3, 0.4) is 0 Å². The number of hydrogen-bond acceptors (Lipinski definition) is 1. The van der Waals surface area contributed by atoms with Crippen molar-refractivity contribution in [2.24, 2.45) is 11.7 Å². The second-order valence-corrected chi connectivity index (χ2v) is 4.26. The number of hydrogen-bond donors (Lipinski definition) is 1. The molecule has 1 rings (SSSR count). The summed E-state index contributed by atoms with van der Waals surface area (Å²) in [6, 6.07) is 6.99. The summed E-state index contributed by atoms with van der Waals surface area (Å²) in [5.74, 6) is 0.246. The van der Waals surface area contributed by atoms with Gasteiger partial charge in [-0.15, -0.1) is 0 Å². The van der Waals surface area contributed by atoms with Crippen LogP contribution < -0.4 is 5.73 Å². The molecule has 15 heavy (non-hydrogen) atoms. The number of nitrogens with two attached hydrogens (primary N) is 1. The standard InChI is InChI=1S/C13H20FN/c1-3-5-13(15)10(2)8-11-6-4-7-12(14)9-11/h4,6-7,9-10,13H,3,5,8,15H2,1-2H3. The molecule has 0 aliphatic heterocycles. The Balaban J connectivity index is 2.54. The third kappa shape index (κ3) is 4.00. The van der Waals surface area contributed by atoms with Crippen LogP contribution in [0.25, 0.3) is 0 Å². The normalized spacial score (nSPS) is 14.9. The lowest BCUT2D eigenvalue weighted by Gasteiger charge is -2.19. The minimum Gasteiger partial charge on any atom is -0.327 e. The molecule has 0 heterocycles. The predicted molar refractivity (Wildman–Crippen MR) is 62.2 cm³/mol. The molecular formula is C13H20FN. The average molecular weight is 209 g/mol. The van der Waals surface area contributed by atoms with Gasteiger partial charge in [-0.05, 0) is 36.5 Å². The predicted octanol–water partition coefficient (Wildman–Crippen LogP) is 3.13. The van der Waals surface area contributed by atoms with Gasteiger partial charge in [0.1, 0.15) is 5.82 Å². The SMILES string of the molecule is CCCC(N)C(C)Cc1cccc(F)c1. The second kappa shape index (κ2) is 5.86. The third-order valence-electron chi connectivity index (χ3n) is 2.80. The van der Waals surface area contributed by atoms with Gasteiger partial charge in [0.05, 0.1) is 0 Å². The molecular weight excluding hydrogens is 189 g/mol. The van der Waals surface area contributed by atoms with Crippen LogP contribution in [0.5, 0.6) is 0 Å². The fourth-order valence-corrected chi connectivity index (χ4v) is 1.80. The Labute approximate surface area is 91.5 Å². The molecule has 1 nitrogen and oxygen atoms in total. The number of halogens is 1. The molecule has 0 fully saturated rings. The van der Waals surface area contributed by atoms with Crippen LogP contribution in [0.2, 0.25) is 0 Å². The van der Waals surface area contributed by atoms with Crippen LogP contribution in [0, 0.1) is 11.7 Å². The Kier molecular flexibility index (Phi) is 4.76. The highest BCUT2D eigenvalue weighted by Gasteiger charge is 2.12. The van der Waals surface area contributed by atoms with E-state index >= 15 is 0 Å². The highest BCUT2D eigenvalue weighted by atomic mass is 19.1. The van der Waals surface area contributed by atoms with Crippen LogP contribution in [0.4, 0.5) is 4.39 Å². The summed E-state index contributed by atoms with van der Waals surface area (Å²) in [5.41, 5.74) is 7.06. The van der Waals surface area contributed by atoms with E-state index in [-0.39, 0.29) is 11.9 Å². The fraction of sp³-hybridized carbons (Fsp3) is 0.538. The molecule has 1 aromatic carbocycles. The highest BCUT2D eigenvalue weighted by molar-refractivity contribution is 5.17. The van der Waals surface area contributed by atoms with Crippen molar-refractivity contribution in [2.75, 3.05) is 0 Å². The monoisotopic (exact) mass is 209 g/mol. The van der Waals surface area contributed by atoms with Gasteiger partial charge < -0.3 is 5.73 Å². The Bertz CT molecular complexity index is 298. The summed E-state index contributed by atoms with van der Waals surface area (Å²) in [6.45, 7) is 4.26. The van der Waals surface area contributed by atoms with Crippen molar-refractivity contribution >= 4 is 0 Å². The lowest BCUT2D eigenvalue weighted by Crippen LogP contribution is -2.29. The van der Waals surface area contributed by atoms with Gasteiger partial charge >= 0.3 is 0 Å².